The molecule has 1 aliphatic heterocycles. The van der Waals surface area contributed by atoms with Crippen LogP contribution in [0.25, 0.3) is 11.3 Å². The molecule has 1 N–H and O–H groups in total. The first-order valence-electron chi connectivity index (χ1n) is 12.1. The second-order valence-corrected chi connectivity index (χ2v) is 8.88. The number of anilines is 1. The standard InChI is InChI=1S/C30H28N2O4/c1-35-26-12-6-10-23(18-26)30(34)32-16-15-27-24(20-32)19-28(36-27)22-9-5-11-25(17-22)31-29(33)14-13-21-7-3-2-4-8-21/h2-12,17-19H,13-16,20H2,1H3,(H,31,33). The predicted octanol–water partition coefficient (Wildman–Crippen LogP) is 5.73. The number of aryl methyl sites for hydroxylation is 1. The topological polar surface area (TPSA) is 71.8 Å². The number of methoxy groups -OCH3 is 1. The van der Waals surface area contributed by atoms with Gasteiger partial charge in [-0.3, -0.25) is 9.59 Å². The van der Waals surface area contributed by atoms with E-state index in [0.717, 1.165) is 33.9 Å². The Bertz CT molecular complexity index is 1380. The Balaban J connectivity index is 1.25. The molecule has 2 heterocycles. The summed E-state index contributed by atoms with van der Waals surface area (Å²) in [4.78, 5) is 27.3. The molecule has 5 rings (SSSR count). The third-order valence-corrected chi connectivity index (χ3v) is 6.38. The molecule has 0 saturated heterocycles. The summed E-state index contributed by atoms with van der Waals surface area (Å²) in [7, 11) is 1.59. The van der Waals surface area contributed by atoms with Crippen LogP contribution in [0.15, 0.2) is 89.3 Å². The lowest BCUT2D eigenvalue weighted by molar-refractivity contribution is -0.116. The molecule has 4 aromatic rings. The second-order valence-electron chi connectivity index (χ2n) is 8.88. The molecule has 2 amide bonds. The van der Waals surface area contributed by atoms with Crippen molar-refractivity contribution >= 4 is 17.5 Å². The van der Waals surface area contributed by atoms with Gasteiger partial charge in [-0.25, -0.2) is 0 Å². The highest BCUT2D eigenvalue weighted by atomic mass is 16.5. The molecule has 0 atom stereocenters. The van der Waals surface area contributed by atoms with Crippen molar-refractivity contribution < 1.29 is 18.7 Å². The van der Waals surface area contributed by atoms with E-state index in [4.69, 9.17) is 9.15 Å². The van der Waals surface area contributed by atoms with Crippen LogP contribution in [-0.4, -0.2) is 30.4 Å². The molecule has 0 aliphatic carbocycles. The smallest absolute Gasteiger partial charge is 0.254 e. The number of benzene rings is 3. The van der Waals surface area contributed by atoms with Gasteiger partial charge in [0.15, 0.2) is 0 Å². The fourth-order valence-corrected chi connectivity index (χ4v) is 4.46. The Kier molecular flexibility index (Phi) is 6.85. The molecule has 36 heavy (non-hydrogen) atoms. The Morgan fingerprint density at radius 3 is 2.64 bits per heavy atom. The van der Waals surface area contributed by atoms with Crippen molar-refractivity contribution in [3.8, 4) is 17.1 Å². The number of nitrogens with one attached hydrogen (secondary N) is 1. The first-order chi connectivity index (χ1) is 17.6. The van der Waals surface area contributed by atoms with Gasteiger partial charge in [-0.15, -0.1) is 0 Å². The van der Waals surface area contributed by atoms with E-state index in [0.29, 0.717) is 43.7 Å². The monoisotopic (exact) mass is 480 g/mol. The van der Waals surface area contributed by atoms with E-state index in [1.54, 1.807) is 19.2 Å². The van der Waals surface area contributed by atoms with Gasteiger partial charge in [-0.2, -0.15) is 0 Å². The summed E-state index contributed by atoms with van der Waals surface area (Å²) < 4.78 is 11.4. The highest BCUT2D eigenvalue weighted by Gasteiger charge is 2.25. The number of fused-ring (bicyclic) bond motifs is 1. The molecule has 3 aromatic carbocycles. The highest BCUT2D eigenvalue weighted by Crippen LogP contribution is 2.31. The van der Waals surface area contributed by atoms with Gasteiger partial charge in [0.1, 0.15) is 17.3 Å². The Morgan fingerprint density at radius 2 is 1.81 bits per heavy atom. The average Bonchev–Trinajstić information content (AvgIpc) is 3.36. The van der Waals surface area contributed by atoms with Crippen molar-refractivity contribution in [3.63, 3.8) is 0 Å². The van der Waals surface area contributed by atoms with Crippen LogP contribution in [0.5, 0.6) is 5.75 Å². The normalized spacial score (nSPS) is 12.6. The van der Waals surface area contributed by atoms with Crippen LogP contribution >= 0.6 is 0 Å². The maximum atomic E-state index is 13.0. The summed E-state index contributed by atoms with van der Waals surface area (Å²) in [5.41, 5.74) is 4.37. The third-order valence-electron chi connectivity index (χ3n) is 6.38. The number of hydrogen-bond acceptors (Lipinski definition) is 4. The van der Waals surface area contributed by atoms with Gasteiger partial charge in [-0.05, 0) is 48.4 Å². The van der Waals surface area contributed by atoms with Crippen LogP contribution in [-0.2, 0) is 24.2 Å². The quantitative estimate of drug-likeness (QED) is 0.367. The number of rotatable bonds is 7. The Morgan fingerprint density at radius 1 is 0.972 bits per heavy atom. The number of furan rings is 1. The molecule has 1 aromatic heterocycles. The minimum atomic E-state index is -0.0264. The third kappa shape index (κ3) is 5.33. The van der Waals surface area contributed by atoms with E-state index in [9.17, 15) is 9.59 Å². The SMILES string of the molecule is COc1cccc(C(=O)N2CCc3oc(-c4cccc(NC(=O)CCc5ccccc5)c4)cc3C2)c1. The predicted molar refractivity (Wildman–Crippen MR) is 139 cm³/mol. The summed E-state index contributed by atoms with van der Waals surface area (Å²) in [5, 5.41) is 2.99. The first kappa shape index (κ1) is 23.4. The summed E-state index contributed by atoms with van der Waals surface area (Å²) in [6.45, 7) is 1.08. The molecule has 6 nitrogen and oxygen atoms in total. The number of nitrogens with zero attached hydrogens (tertiary/aromatic N) is 1. The minimum absolute atomic E-state index is 0.0255. The van der Waals surface area contributed by atoms with Crippen molar-refractivity contribution in [2.45, 2.75) is 25.8 Å². The van der Waals surface area contributed by atoms with Crippen molar-refractivity contribution in [2.75, 3.05) is 19.0 Å². The summed E-state index contributed by atoms with van der Waals surface area (Å²) in [5.74, 6) is 2.24. The maximum absolute atomic E-state index is 13.0. The fraction of sp³-hybridized carbons (Fsp3) is 0.200. The van der Waals surface area contributed by atoms with Crippen molar-refractivity contribution in [2.24, 2.45) is 0 Å². The van der Waals surface area contributed by atoms with Crippen LogP contribution in [0.2, 0.25) is 0 Å². The van der Waals surface area contributed by atoms with Crippen molar-refractivity contribution in [1.29, 1.82) is 0 Å². The minimum Gasteiger partial charge on any atom is -0.497 e. The van der Waals surface area contributed by atoms with Crippen LogP contribution in [0.3, 0.4) is 0 Å². The van der Waals surface area contributed by atoms with Gasteiger partial charge in [0.05, 0.1) is 7.11 Å². The number of carbonyl (C=O) groups excluding carboxylic acids is 2. The molecule has 0 saturated carbocycles. The van der Waals surface area contributed by atoms with Crippen molar-refractivity contribution in [3.05, 3.63) is 107 Å². The van der Waals surface area contributed by atoms with Crippen LogP contribution in [0.1, 0.15) is 33.7 Å². The maximum Gasteiger partial charge on any atom is 0.254 e. The highest BCUT2D eigenvalue weighted by molar-refractivity contribution is 5.95. The van der Waals surface area contributed by atoms with E-state index in [1.807, 2.05) is 77.7 Å². The molecule has 6 heteroatoms. The summed E-state index contributed by atoms with van der Waals surface area (Å²) >= 11 is 0. The largest absolute Gasteiger partial charge is 0.497 e. The van der Waals surface area contributed by atoms with E-state index in [1.165, 1.54) is 0 Å². The molecule has 0 unspecified atom stereocenters. The van der Waals surface area contributed by atoms with Gasteiger partial charge in [-0.1, -0.05) is 48.5 Å². The molecule has 0 bridgehead atoms. The second kappa shape index (κ2) is 10.5. The van der Waals surface area contributed by atoms with E-state index in [-0.39, 0.29) is 11.8 Å². The van der Waals surface area contributed by atoms with Gasteiger partial charge in [0.2, 0.25) is 5.91 Å². The molecule has 1 aliphatic rings. The number of hydrogen-bond donors (Lipinski definition) is 1. The van der Waals surface area contributed by atoms with Crippen LogP contribution < -0.4 is 10.1 Å². The molecular weight excluding hydrogens is 452 g/mol. The van der Waals surface area contributed by atoms with E-state index < -0.39 is 0 Å². The van der Waals surface area contributed by atoms with E-state index >= 15 is 0 Å². The molecule has 0 spiro atoms. The first-order valence-corrected chi connectivity index (χ1v) is 12.1. The lowest BCUT2D eigenvalue weighted by atomic mass is 10.1. The molecular formula is C30H28N2O4. The summed E-state index contributed by atoms with van der Waals surface area (Å²) in [6.07, 6.45) is 1.77. The van der Waals surface area contributed by atoms with Gasteiger partial charge < -0.3 is 19.4 Å². The molecule has 0 fully saturated rings. The van der Waals surface area contributed by atoms with Gasteiger partial charge in [0.25, 0.3) is 5.91 Å². The van der Waals surface area contributed by atoms with E-state index in [2.05, 4.69) is 5.32 Å². The zero-order valence-corrected chi connectivity index (χ0v) is 20.2. The molecule has 182 valence electrons. The fourth-order valence-electron chi connectivity index (χ4n) is 4.46. The zero-order valence-electron chi connectivity index (χ0n) is 20.2. The average molecular weight is 481 g/mol. The zero-order chi connectivity index (χ0) is 24.9. The van der Waals surface area contributed by atoms with Gasteiger partial charge in [0, 0.05) is 48.3 Å². The Hall–Kier alpha value is -4.32. The van der Waals surface area contributed by atoms with Crippen LogP contribution in [0, 0.1) is 0 Å². The lowest BCUT2D eigenvalue weighted by Crippen LogP contribution is -2.35. The number of amides is 2. The number of carbonyl (C=O) groups is 2. The lowest BCUT2D eigenvalue weighted by Gasteiger charge is -2.26. The number of ether oxygens (including phenoxy) is 1. The summed E-state index contributed by atoms with van der Waals surface area (Å²) in [6, 6.07) is 26.9. The van der Waals surface area contributed by atoms with Crippen molar-refractivity contribution in [1.82, 2.24) is 4.90 Å². The van der Waals surface area contributed by atoms with Crippen LogP contribution in [0.4, 0.5) is 5.69 Å². The Labute approximate surface area is 210 Å². The van der Waals surface area contributed by atoms with Gasteiger partial charge >= 0.3 is 0 Å². The molecule has 0 radical (unpaired) electrons.